The molecule has 1 aliphatic heterocycles. The molecule has 1 fully saturated rings. The van der Waals surface area contributed by atoms with Gasteiger partial charge in [0.1, 0.15) is 5.75 Å². The van der Waals surface area contributed by atoms with Crippen LogP contribution in [-0.2, 0) is 0 Å². The second-order valence-corrected chi connectivity index (χ2v) is 6.91. The number of rotatable bonds is 4. The third-order valence-electron chi connectivity index (χ3n) is 4.55. The summed E-state index contributed by atoms with van der Waals surface area (Å²) in [6.07, 6.45) is 0. The summed E-state index contributed by atoms with van der Waals surface area (Å²) >= 11 is 1.56. The van der Waals surface area contributed by atoms with Crippen LogP contribution in [0.15, 0.2) is 41.1 Å². The van der Waals surface area contributed by atoms with Crippen LogP contribution in [-0.4, -0.2) is 56.0 Å². The fourth-order valence-corrected chi connectivity index (χ4v) is 3.85. The van der Waals surface area contributed by atoms with Crippen LogP contribution in [0.5, 0.6) is 5.75 Å². The maximum atomic E-state index is 12.6. The molecule has 1 aromatic heterocycles. The summed E-state index contributed by atoms with van der Waals surface area (Å²) in [6, 6.07) is 10.4. The molecule has 0 bridgehead atoms. The molecular formula is C18H22N2O2S. The highest BCUT2D eigenvalue weighted by Gasteiger charge is 2.37. The van der Waals surface area contributed by atoms with Gasteiger partial charge in [-0.3, -0.25) is 4.79 Å². The highest BCUT2D eigenvalue weighted by atomic mass is 32.1. The lowest BCUT2D eigenvalue weighted by Gasteiger charge is -2.25. The number of nitrogens with zero attached hydrogens (tertiary/aromatic N) is 2. The maximum absolute atomic E-state index is 12.6. The smallest absolute Gasteiger partial charge is 0.254 e. The van der Waals surface area contributed by atoms with Gasteiger partial charge in [0.15, 0.2) is 0 Å². The molecule has 2 aromatic rings. The molecule has 4 nitrogen and oxygen atoms in total. The molecule has 23 heavy (non-hydrogen) atoms. The van der Waals surface area contributed by atoms with Crippen molar-refractivity contribution < 1.29 is 9.53 Å². The topological polar surface area (TPSA) is 32.8 Å². The quantitative estimate of drug-likeness (QED) is 0.864. The number of likely N-dealkylation sites (N-methyl/N-ethyl adjacent to an activating group) is 1. The van der Waals surface area contributed by atoms with E-state index in [0.717, 1.165) is 24.4 Å². The molecule has 1 saturated heterocycles. The lowest BCUT2D eigenvalue weighted by Crippen LogP contribution is -2.35. The molecule has 0 aliphatic carbocycles. The number of carbonyl (C=O) groups excluding carboxylic acids is 1. The fraction of sp³-hybridized carbons (Fsp3) is 0.389. The first kappa shape index (κ1) is 16.0. The van der Waals surface area contributed by atoms with Gasteiger partial charge in [-0.05, 0) is 43.2 Å². The summed E-state index contributed by atoms with van der Waals surface area (Å²) in [5, 5.41) is 3.88. The first-order chi connectivity index (χ1) is 11.1. The van der Waals surface area contributed by atoms with Crippen LogP contribution in [0.1, 0.15) is 21.8 Å². The van der Waals surface area contributed by atoms with Gasteiger partial charge < -0.3 is 14.5 Å². The fourth-order valence-electron chi connectivity index (χ4n) is 3.22. The van der Waals surface area contributed by atoms with Crippen LogP contribution in [0.4, 0.5) is 0 Å². The SMILES string of the molecule is COc1ccc([C@@H]2CN(C(=O)c3ccsc3)C[C@H]2N(C)C)cc1. The predicted octanol–water partition coefficient (Wildman–Crippen LogP) is 2.93. The standard InChI is InChI=1S/C18H22N2O2S/c1-19(2)17-11-20(18(21)14-8-9-23-12-14)10-16(17)13-4-6-15(22-3)7-5-13/h4-9,12,16-17H,10-11H2,1-3H3/t16-,17+/m0/s1. The predicted molar refractivity (Wildman–Crippen MR) is 93.4 cm³/mol. The molecule has 122 valence electrons. The van der Waals surface area contributed by atoms with Crippen molar-refractivity contribution in [3.05, 3.63) is 52.2 Å². The van der Waals surface area contributed by atoms with Crippen molar-refractivity contribution in [2.24, 2.45) is 0 Å². The van der Waals surface area contributed by atoms with Gasteiger partial charge in [0.2, 0.25) is 0 Å². The number of amides is 1. The van der Waals surface area contributed by atoms with E-state index in [1.54, 1.807) is 18.4 Å². The van der Waals surface area contributed by atoms with Gasteiger partial charge in [0.25, 0.3) is 5.91 Å². The van der Waals surface area contributed by atoms with E-state index in [4.69, 9.17) is 4.74 Å². The summed E-state index contributed by atoms with van der Waals surface area (Å²) in [7, 11) is 5.84. The number of ether oxygens (including phenoxy) is 1. The number of likely N-dealkylation sites (tertiary alicyclic amines) is 1. The van der Waals surface area contributed by atoms with Crippen molar-refractivity contribution in [3.63, 3.8) is 0 Å². The third kappa shape index (κ3) is 3.26. The van der Waals surface area contributed by atoms with Crippen LogP contribution < -0.4 is 4.74 Å². The number of hydrogen-bond acceptors (Lipinski definition) is 4. The van der Waals surface area contributed by atoms with E-state index in [2.05, 4.69) is 31.1 Å². The van der Waals surface area contributed by atoms with Crippen molar-refractivity contribution in [2.75, 3.05) is 34.3 Å². The van der Waals surface area contributed by atoms with Crippen molar-refractivity contribution in [1.29, 1.82) is 0 Å². The number of methoxy groups -OCH3 is 1. The van der Waals surface area contributed by atoms with Crippen LogP contribution in [0, 0.1) is 0 Å². The van der Waals surface area contributed by atoms with E-state index in [0.29, 0.717) is 12.0 Å². The Morgan fingerprint density at radius 1 is 1.22 bits per heavy atom. The van der Waals surface area contributed by atoms with Gasteiger partial charge in [0, 0.05) is 30.4 Å². The molecule has 0 saturated carbocycles. The summed E-state index contributed by atoms with van der Waals surface area (Å²) in [4.78, 5) is 16.8. The minimum Gasteiger partial charge on any atom is -0.497 e. The Morgan fingerprint density at radius 2 is 1.96 bits per heavy atom. The second-order valence-electron chi connectivity index (χ2n) is 6.13. The molecule has 2 atom stereocenters. The highest BCUT2D eigenvalue weighted by molar-refractivity contribution is 7.08. The zero-order valence-electron chi connectivity index (χ0n) is 13.7. The number of hydrogen-bond donors (Lipinski definition) is 0. The molecule has 1 aliphatic rings. The van der Waals surface area contributed by atoms with E-state index in [1.165, 1.54) is 5.56 Å². The Morgan fingerprint density at radius 3 is 2.52 bits per heavy atom. The van der Waals surface area contributed by atoms with E-state index >= 15 is 0 Å². The Balaban J connectivity index is 1.82. The second kappa shape index (κ2) is 6.72. The Labute approximate surface area is 141 Å². The van der Waals surface area contributed by atoms with Crippen LogP contribution in [0.3, 0.4) is 0 Å². The lowest BCUT2D eigenvalue weighted by molar-refractivity contribution is 0.0783. The minimum atomic E-state index is 0.133. The zero-order valence-corrected chi connectivity index (χ0v) is 14.5. The van der Waals surface area contributed by atoms with Crippen molar-refractivity contribution in [3.8, 4) is 5.75 Å². The molecule has 5 heteroatoms. The van der Waals surface area contributed by atoms with Gasteiger partial charge in [-0.15, -0.1) is 0 Å². The molecule has 1 amide bonds. The number of thiophene rings is 1. The van der Waals surface area contributed by atoms with Crippen molar-refractivity contribution in [1.82, 2.24) is 9.80 Å². The van der Waals surface area contributed by atoms with Gasteiger partial charge in [-0.25, -0.2) is 0 Å². The van der Waals surface area contributed by atoms with E-state index < -0.39 is 0 Å². The van der Waals surface area contributed by atoms with Crippen LogP contribution in [0.25, 0.3) is 0 Å². The minimum absolute atomic E-state index is 0.133. The average Bonchev–Trinajstić information content (AvgIpc) is 3.24. The van der Waals surface area contributed by atoms with Crippen LogP contribution in [0.2, 0.25) is 0 Å². The Bertz CT molecular complexity index is 652. The van der Waals surface area contributed by atoms with Gasteiger partial charge in [-0.2, -0.15) is 11.3 Å². The van der Waals surface area contributed by atoms with Gasteiger partial charge in [0.05, 0.1) is 12.7 Å². The summed E-state index contributed by atoms with van der Waals surface area (Å²) in [5.41, 5.74) is 2.05. The largest absolute Gasteiger partial charge is 0.497 e. The molecule has 1 aromatic carbocycles. The van der Waals surface area contributed by atoms with Crippen molar-refractivity contribution in [2.45, 2.75) is 12.0 Å². The summed E-state index contributed by atoms with van der Waals surface area (Å²) in [5.74, 6) is 1.31. The first-order valence-electron chi connectivity index (χ1n) is 7.72. The molecule has 0 unspecified atom stereocenters. The number of carbonyl (C=O) groups is 1. The maximum Gasteiger partial charge on any atom is 0.254 e. The summed E-state index contributed by atoms with van der Waals surface area (Å²) < 4.78 is 5.24. The van der Waals surface area contributed by atoms with Crippen molar-refractivity contribution >= 4 is 17.2 Å². The molecular weight excluding hydrogens is 308 g/mol. The van der Waals surface area contributed by atoms with Gasteiger partial charge >= 0.3 is 0 Å². The molecule has 0 radical (unpaired) electrons. The van der Waals surface area contributed by atoms with Crippen LogP contribution >= 0.6 is 11.3 Å². The molecule has 2 heterocycles. The Hall–Kier alpha value is -1.85. The third-order valence-corrected chi connectivity index (χ3v) is 5.23. The molecule has 0 N–H and O–H groups in total. The van der Waals surface area contributed by atoms with E-state index in [9.17, 15) is 4.79 Å². The Kier molecular flexibility index (Phi) is 4.68. The highest BCUT2D eigenvalue weighted by Crippen LogP contribution is 2.32. The molecule has 3 rings (SSSR count). The van der Waals surface area contributed by atoms with E-state index in [-0.39, 0.29) is 5.91 Å². The molecule has 0 spiro atoms. The zero-order chi connectivity index (χ0) is 16.4. The monoisotopic (exact) mass is 330 g/mol. The van der Waals surface area contributed by atoms with Gasteiger partial charge in [-0.1, -0.05) is 12.1 Å². The normalized spacial score (nSPS) is 21.0. The lowest BCUT2D eigenvalue weighted by atomic mass is 9.93. The summed E-state index contributed by atoms with van der Waals surface area (Å²) in [6.45, 7) is 1.52. The number of benzene rings is 1. The average molecular weight is 330 g/mol. The first-order valence-corrected chi connectivity index (χ1v) is 8.66. The van der Waals surface area contributed by atoms with E-state index in [1.807, 2.05) is 33.9 Å².